The molecule has 0 radical (unpaired) electrons. The fourth-order valence-corrected chi connectivity index (χ4v) is 11.0. The Labute approximate surface area is 395 Å². The molecule has 316 valence electrons. The van der Waals surface area contributed by atoms with Crippen molar-refractivity contribution in [3.63, 3.8) is 0 Å². The van der Waals surface area contributed by atoms with Gasteiger partial charge in [-0.25, -0.2) is 9.97 Å². The molecule has 1 aliphatic heterocycles. The number of nitriles is 2. The summed E-state index contributed by atoms with van der Waals surface area (Å²) in [4.78, 5) is 15.4. The van der Waals surface area contributed by atoms with E-state index in [0.29, 0.717) is 28.3 Å². The van der Waals surface area contributed by atoms with E-state index in [9.17, 15) is 10.5 Å². The lowest BCUT2D eigenvalue weighted by molar-refractivity contribution is 1.08. The van der Waals surface area contributed by atoms with Crippen molar-refractivity contribution in [3.05, 3.63) is 223 Å². The summed E-state index contributed by atoms with van der Waals surface area (Å²) in [6.07, 6.45) is 0. The van der Waals surface area contributed by atoms with E-state index in [0.717, 1.165) is 98.5 Å². The molecule has 0 amide bonds. The smallest absolute Gasteiger partial charge is 0.160 e. The van der Waals surface area contributed by atoms with Crippen molar-refractivity contribution in [2.75, 3.05) is 4.90 Å². The van der Waals surface area contributed by atoms with Crippen LogP contribution in [0.25, 0.3) is 88.9 Å². The van der Waals surface area contributed by atoms with Gasteiger partial charge in [0.15, 0.2) is 5.82 Å². The zero-order chi connectivity index (χ0) is 45.3. The number of aromatic nitrogens is 4. The minimum atomic E-state index is 0.517. The highest BCUT2D eigenvalue weighted by molar-refractivity contribution is 7.99. The molecule has 8 heteroatoms. The summed E-state index contributed by atoms with van der Waals surface area (Å²) < 4.78 is 4.86. The molecule has 0 fully saturated rings. The lowest BCUT2D eigenvalue weighted by atomic mass is 10.0. The molecule has 0 bridgehead atoms. The van der Waals surface area contributed by atoms with E-state index in [2.05, 4.69) is 190 Å². The largest absolute Gasteiger partial charge is 0.307 e. The van der Waals surface area contributed by atoms with Crippen LogP contribution >= 0.6 is 11.8 Å². The van der Waals surface area contributed by atoms with Crippen LogP contribution in [0.5, 0.6) is 0 Å². The van der Waals surface area contributed by atoms with Gasteiger partial charge < -0.3 is 14.0 Å². The van der Waals surface area contributed by atoms with Crippen molar-refractivity contribution in [3.8, 4) is 57.4 Å². The first-order valence-electron chi connectivity index (χ1n) is 22.4. The Balaban J connectivity index is 1.22. The zero-order valence-corrected chi connectivity index (χ0v) is 37.1. The van der Waals surface area contributed by atoms with E-state index in [1.165, 1.54) is 0 Å². The van der Waals surface area contributed by atoms with Gasteiger partial charge >= 0.3 is 0 Å². The number of nitrogens with zero attached hydrogens (tertiary/aromatic N) is 7. The maximum atomic E-state index is 9.72. The predicted octanol–water partition coefficient (Wildman–Crippen LogP) is 15.3. The van der Waals surface area contributed by atoms with Crippen LogP contribution in [-0.4, -0.2) is 19.1 Å². The van der Waals surface area contributed by atoms with Crippen LogP contribution in [0.1, 0.15) is 11.1 Å². The highest BCUT2D eigenvalue weighted by atomic mass is 32.2. The molecule has 1 aliphatic rings. The lowest BCUT2D eigenvalue weighted by Crippen LogP contribution is -2.19. The van der Waals surface area contributed by atoms with Gasteiger partial charge in [-0.1, -0.05) is 121 Å². The monoisotopic (exact) mass is 885 g/mol. The van der Waals surface area contributed by atoms with Gasteiger partial charge in [-0.15, -0.1) is 0 Å². The molecule has 0 N–H and O–H groups in total. The molecular weight excluding hydrogens is 851 g/mol. The first kappa shape index (κ1) is 39.2. The summed E-state index contributed by atoms with van der Waals surface area (Å²) in [5.74, 6) is 0.517. The normalized spacial score (nSPS) is 12.0. The average molecular weight is 886 g/mol. The van der Waals surface area contributed by atoms with E-state index >= 15 is 0 Å². The fourth-order valence-electron chi connectivity index (χ4n) is 9.91. The molecule has 0 unspecified atom stereocenters. The SMILES string of the molecule is N#Cc1ccc(-c2cc(-c3cc(-n4c5ccccc5c5ccccc54)c(N4c5ccccc5Sc5ccccc54)c(-n4c5ccccc5c5ccccc54)c3)nc(-c3ccc(C#N)cc3)n2)cc1. The minimum absolute atomic E-state index is 0.517. The van der Waals surface area contributed by atoms with Crippen molar-refractivity contribution in [1.29, 1.82) is 10.5 Å². The van der Waals surface area contributed by atoms with Crippen LogP contribution < -0.4 is 4.90 Å². The summed E-state index contributed by atoms with van der Waals surface area (Å²) in [6, 6.07) is 78.1. The molecule has 7 nitrogen and oxygen atoms in total. The van der Waals surface area contributed by atoms with Crippen molar-refractivity contribution >= 4 is 72.4 Å². The van der Waals surface area contributed by atoms with Crippen molar-refractivity contribution in [2.45, 2.75) is 9.79 Å². The number of fused-ring (bicyclic) bond motifs is 8. The van der Waals surface area contributed by atoms with Crippen LogP contribution in [0.4, 0.5) is 17.1 Å². The van der Waals surface area contributed by atoms with E-state index in [1.807, 2.05) is 36.4 Å². The first-order valence-corrected chi connectivity index (χ1v) is 23.2. The Hall–Kier alpha value is -9.21. The number of para-hydroxylation sites is 6. The molecule has 3 aromatic heterocycles. The minimum Gasteiger partial charge on any atom is -0.307 e. The Kier molecular flexibility index (Phi) is 9.07. The average Bonchev–Trinajstić information content (AvgIpc) is 3.93. The molecule has 68 heavy (non-hydrogen) atoms. The molecule has 0 saturated carbocycles. The molecule has 0 atom stereocenters. The van der Waals surface area contributed by atoms with E-state index in [4.69, 9.17) is 9.97 Å². The van der Waals surface area contributed by atoms with Crippen molar-refractivity contribution < 1.29 is 0 Å². The maximum absolute atomic E-state index is 9.72. The van der Waals surface area contributed by atoms with Crippen LogP contribution in [0.15, 0.2) is 222 Å². The second-order valence-electron chi connectivity index (χ2n) is 16.8. The number of hydrogen-bond donors (Lipinski definition) is 0. The second kappa shape index (κ2) is 15.7. The number of rotatable bonds is 6. The molecule has 0 aliphatic carbocycles. The van der Waals surface area contributed by atoms with Gasteiger partial charge in [0, 0.05) is 48.0 Å². The van der Waals surface area contributed by atoms with E-state index in [1.54, 1.807) is 23.9 Å². The van der Waals surface area contributed by atoms with Crippen LogP contribution in [0, 0.1) is 22.7 Å². The van der Waals surface area contributed by atoms with Gasteiger partial charge in [-0.2, -0.15) is 10.5 Å². The van der Waals surface area contributed by atoms with Crippen LogP contribution in [0.2, 0.25) is 0 Å². The topological polar surface area (TPSA) is 86.5 Å². The lowest BCUT2D eigenvalue weighted by Gasteiger charge is -2.36. The molecule has 13 rings (SSSR count). The van der Waals surface area contributed by atoms with E-state index < -0.39 is 0 Å². The van der Waals surface area contributed by atoms with Gasteiger partial charge in [0.1, 0.15) is 0 Å². The van der Waals surface area contributed by atoms with Crippen LogP contribution in [0.3, 0.4) is 0 Å². The van der Waals surface area contributed by atoms with E-state index in [-0.39, 0.29) is 0 Å². The molecular formula is C60H35N7S. The Morgan fingerprint density at radius 3 is 1.19 bits per heavy atom. The molecule has 9 aromatic carbocycles. The van der Waals surface area contributed by atoms with Crippen molar-refractivity contribution in [1.82, 2.24) is 19.1 Å². The van der Waals surface area contributed by atoms with Gasteiger partial charge in [-0.05, 0) is 103 Å². The molecule has 4 heterocycles. The van der Waals surface area contributed by atoms with Gasteiger partial charge in [0.05, 0.1) is 85.2 Å². The third-order valence-corrected chi connectivity index (χ3v) is 14.1. The quantitative estimate of drug-likeness (QED) is 0.165. The number of hydrogen-bond acceptors (Lipinski definition) is 6. The summed E-state index contributed by atoms with van der Waals surface area (Å²) in [6.45, 7) is 0. The predicted molar refractivity (Wildman–Crippen MR) is 275 cm³/mol. The summed E-state index contributed by atoms with van der Waals surface area (Å²) >= 11 is 1.79. The third kappa shape index (κ3) is 6.20. The first-order chi connectivity index (χ1) is 33.6. The molecule has 0 spiro atoms. The van der Waals surface area contributed by atoms with Crippen molar-refractivity contribution in [2.24, 2.45) is 0 Å². The van der Waals surface area contributed by atoms with Crippen LogP contribution in [-0.2, 0) is 0 Å². The maximum Gasteiger partial charge on any atom is 0.160 e. The Morgan fingerprint density at radius 1 is 0.368 bits per heavy atom. The van der Waals surface area contributed by atoms with Gasteiger partial charge in [0.25, 0.3) is 0 Å². The number of benzene rings is 9. The Morgan fingerprint density at radius 2 is 0.750 bits per heavy atom. The standard InChI is InChI=1S/C60H35N7S/c61-36-38-25-29-40(30-26-38)47-35-48(64-60(63-47)41-31-27-39(37-62)28-32-41)42-33-55(65-49-17-5-1-13-43(49)44-14-2-6-18-50(44)65)59(67-53-21-9-11-23-57(53)68-58-24-12-10-22-54(58)67)56(34-42)66-51-19-7-3-15-45(51)46-16-4-8-20-52(46)66/h1-35H. The molecule has 0 saturated heterocycles. The fraction of sp³-hybridized carbons (Fsp3) is 0. The summed E-state index contributed by atoms with van der Waals surface area (Å²) in [5.41, 5.74) is 14.4. The van der Waals surface area contributed by atoms with Gasteiger partial charge in [0.2, 0.25) is 0 Å². The Bertz CT molecular complexity index is 3730. The number of anilines is 3. The van der Waals surface area contributed by atoms with Gasteiger partial charge in [-0.3, -0.25) is 0 Å². The molecule has 12 aromatic rings. The highest BCUT2D eigenvalue weighted by Crippen LogP contribution is 2.55. The summed E-state index contributed by atoms with van der Waals surface area (Å²) in [5, 5.41) is 24.0. The third-order valence-electron chi connectivity index (χ3n) is 13.0. The highest BCUT2D eigenvalue weighted by Gasteiger charge is 2.32. The summed E-state index contributed by atoms with van der Waals surface area (Å²) in [7, 11) is 0. The second-order valence-corrected chi connectivity index (χ2v) is 17.9. The zero-order valence-electron chi connectivity index (χ0n) is 36.2.